The van der Waals surface area contributed by atoms with Gasteiger partial charge in [-0.1, -0.05) is 6.92 Å². The van der Waals surface area contributed by atoms with E-state index in [4.69, 9.17) is 0 Å². The van der Waals surface area contributed by atoms with Crippen LogP contribution in [0.4, 0.5) is 0 Å². The van der Waals surface area contributed by atoms with Crippen LogP contribution < -0.4 is 0 Å². The summed E-state index contributed by atoms with van der Waals surface area (Å²) in [6, 6.07) is 0. The van der Waals surface area contributed by atoms with Crippen molar-refractivity contribution in [2.45, 2.75) is 38.0 Å². The van der Waals surface area contributed by atoms with Gasteiger partial charge in [-0.3, -0.25) is 0 Å². The summed E-state index contributed by atoms with van der Waals surface area (Å²) < 4.78 is 22.1. The molecule has 0 spiro atoms. The lowest BCUT2D eigenvalue weighted by Crippen LogP contribution is -2.44. The van der Waals surface area contributed by atoms with Crippen LogP contribution in [0.1, 0.15) is 27.2 Å². The van der Waals surface area contributed by atoms with E-state index >= 15 is 0 Å². The van der Waals surface area contributed by atoms with Crippen LogP contribution in [-0.2, 0) is 9.84 Å². The van der Waals surface area contributed by atoms with Crippen molar-refractivity contribution in [1.82, 2.24) is 4.90 Å². The van der Waals surface area contributed by atoms with Gasteiger partial charge in [0.15, 0.2) is 9.84 Å². The zero-order valence-corrected chi connectivity index (χ0v) is 11.1. The van der Waals surface area contributed by atoms with E-state index in [-0.39, 0.29) is 6.10 Å². The number of hydrogen-bond acceptors (Lipinski definition) is 4. The Labute approximate surface area is 93.2 Å². The minimum atomic E-state index is -3.06. The summed E-state index contributed by atoms with van der Waals surface area (Å²) in [6.45, 7) is 6.26. The lowest BCUT2D eigenvalue weighted by atomic mass is 10.2. The molecule has 0 fully saturated rings. The molecule has 0 rings (SSSR count). The van der Waals surface area contributed by atoms with Crippen molar-refractivity contribution in [1.29, 1.82) is 0 Å². The molecule has 0 radical (unpaired) electrons. The molecule has 92 valence electrons. The van der Waals surface area contributed by atoms with Gasteiger partial charge in [0.25, 0.3) is 0 Å². The third-order valence-corrected chi connectivity index (χ3v) is 4.78. The first-order chi connectivity index (χ1) is 6.60. The van der Waals surface area contributed by atoms with Gasteiger partial charge in [0.05, 0.1) is 10.9 Å². The molecule has 15 heavy (non-hydrogen) atoms. The highest BCUT2D eigenvalue weighted by Crippen LogP contribution is 2.16. The molecule has 4 nitrogen and oxygen atoms in total. The van der Waals surface area contributed by atoms with E-state index < -0.39 is 14.6 Å². The summed E-state index contributed by atoms with van der Waals surface area (Å²) in [4.78, 5) is 1.86. The van der Waals surface area contributed by atoms with E-state index in [0.29, 0.717) is 19.5 Å². The SMILES string of the molecule is CC[C@@H](O)CN(C)CC(C)(C)S(C)(=O)=O. The lowest BCUT2D eigenvalue weighted by molar-refractivity contribution is 0.118. The summed E-state index contributed by atoms with van der Waals surface area (Å²) in [5.41, 5.74) is 0. The molecule has 0 heterocycles. The van der Waals surface area contributed by atoms with E-state index in [1.54, 1.807) is 13.8 Å². The third kappa shape index (κ3) is 4.95. The Balaban J connectivity index is 4.35. The van der Waals surface area contributed by atoms with E-state index in [1.165, 1.54) is 6.26 Å². The molecule has 0 aromatic carbocycles. The van der Waals surface area contributed by atoms with Crippen molar-refractivity contribution >= 4 is 9.84 Å². The fraction of sp³-hybridized carbons (Fsp3) is 1.00. The van der Waals surface area contributed by atoms with Gasteiger partial charge in [0.2, 0.25) is 0 Å². The average Bonchev–Trinajstić information content (AvgIpc) is 2.00. The quantitative estimate of drug-likeness (QED) is 0.731. The van der Waals surface area contributed by atoms with Crippen molar-refractivity contribution in [2.75, 3.05) is 26.4 Å². The minimum Gasteiger partial charge on any atom is -0.392 e. The zero-order chi connectivity index (χ0) is 12.3. The third-order valence-electron chi connectivity index (χ3n) is 2.65. The van der Waals surface area contributed by atoms with Crippen LogP contribution in [0.5, 0.6) is 0 Å². The molecule has 0 bridgehead atoms. The number of aliphatic hydroxyl groups is 1. The smallest absolute Gasteiger partial charge is 0.153 e. The normalized spacial score (nSPS) is 15.7. The maximum Gasteiger partial charge on any atom is 0.153 e. The average molecular weight is 237 g/mol. The first-order valence-corrected chi connectivity index (χ1v) is 7.05. The fourth-order valence-electron chi connectivity index (χ4n) is 1.32. The van der Waals surface area contributed by atoms with Crippen LogP contribution in [0.2, 0.25) is 0 Å². The summed E-state index contributed by atoms with van der Waals surface area (Å²) in [5.74, 6) is 0. The Bertz CT molecular complexity index is 285. The Morgan fingerprint density at radius 2 is 1.87 bits per heavy atom. The molecule has 0 aliphatic carbocycles. The topological polar surface area (TPSA) is 57.6 Å². The van der Waals surface area contributed by atoms with Crippen molar-refractivity contribution in [3.63, 3.8) is 0 Å². The predicted octanol–water partition coefficient (Wildman–Crippen LogP) is 0.512. The zero-order valence-electron chi connectivity index (χ0n) is 10.3. The summed E-state index contributed by atoms with van der Waals surface area (Å²) in [6.07, 6.45) is 1.55. The van der Waals surface area contributed by atoms with Gasteiger partial charge in [0.1, 0.15) is 0 Å². The number of sulfone groups is 1. The molecular formula is C10H23NO3S. The Hall–Kier alpha value is -0.130. The highest BCUT2D eigenvalue weighted by Gasteiger charge is 2.31. The van der Waals surface area contributed by atoms with Gasteiger partial charge < -0.3 is 10.0 Å². The van der Waals surface area contributed by atoms with Gasteiger partial charge in [-0.2, -0.15) is 0 Å². The molecule has 0 saturated heterocycles. The lowest BCUT2D eigenvalue weighted by Gasteiger charge is -2.29. The molecule has 0 amide bonds. The molecule has 1 atom stereocenters. The van der Waals surface area contributed by atoms with E-state index in [0.717, 1.165) is 0 Å². The molecule has 0 saturated carbocycles. The van der Waals surface area contributed by atoms with Gasteiger partial charge in [-0.25, -0.2) is 8.42 Å². The maximum absolute atomic E-state index is 11.5. The fourth-order valence-corrected chi connectivity index (χ4v) is 1.78. The van der Waals surface area contributed by atoms with E-state index in [2.05, 4.69) is 0 Å². The van der Waals surface area contributed by atoms with Crippen molar-refractivity contribution in [2.24, 2.45) is 0 Å². The molecule has 0 aromatic heterocycles. The highest BCUT2D eigenvalue weighted by atomic mass is 32.2. The van der Waals surface area contributed by atoms with Crippen LogP contribution in [0, 0.1) is 0 Å². The summed E-state index contributed by atoms with van der Waals surface area (Å²) in [7, 11) is -1.24. The molecule has 5 heteroatoms. The van der Waals surface area contributed by atoms with E-state index in [9.17, 15) is 13.5 Å². The van der Waals surface area contributed by atoms with Gasteiger partial charge in [0, 0.05) is 19.3 Å². The predicted molar refractivity (Wildman–Crippen MR) is 62.7 cm³/mol. The maximum atomic E-state index is 11.5. The molecular weight excluding hydrogens is 214 g/mol. The van der Waals surface area contributed by atoms with Crippen molar-refractivity contribution < 1.29 is 13.5 Å². The van der Waals surface area contributed by atoms with Gasteiger partial charge in [-0.05, 0) is 27.3 Å². The molecule has 0 aliphatic heterocycles. The summed E-state index contributed by atoms with van der Waals surface area (Å²) in [5, 5.41) is 9.44. The van der Waals surface area contributed by atoms with E-state index in [1.807, 2.05) is 18.9 Å². The number of likely N-dealkylation sites (N-methyl/N-ethyl adjacent to an activating group) is 1. The second-order valence-corrected chi connectivity index (χ2v) is 7.44. The highest BCUT2D eigenvalue weighted by molar-refractivity contribution is 7.92. The molecule has 0 unspecified atom stereocenters. The van der Waals surface area contributed by atoms with Crippen LogP contribution in [0.3, 0.4) is 0 Å². The minimum absolute atomic E-state index is 0.384. The number of nitrogens with zero attached hydrogens (tertiary/aromatic N) is 1. The second kappa shape index (κ2) is 5.27. The van der Waals surface area contributed by atoms with Crippen LogP contribution in [-0.4, -0.2) is 55.7 Å². The van der Waals surface area contributed by atoms with Crippen LogP contribution >= 0.6 is 0 Å². The van der Waals surface area contributed by atoms with Crippen molar-refractivity contribution in [3.05, 3.63) is 0 Å². The monoisotopic (exact) mass is 237 g/mol. The first kappa shape index (κ1) is 14.9. The standard InChI is InChI=1S/C10H23NO3S/c1-6-9(12)7-11(4)8-10(2,3)15(5,13)14/h9,12H,6-8H2,1-5H3/t9-/m1/s1. The van der Waals surface area contributed by atoms with Crippen molar-refractivity contribution in [3.8, 4) is 0 Å². The summed E-state index contributed by atoms with van der Waals surface area (Å²) >= 11 is 0. The number of aliphatic hydroxyl groups excluding tert-OH is 1. The Morgan fingerprint density at radius 1 is 1.40 bits per heavy atom. The molecule has 0 aromatic rings. The largest absolute Gasteiger partial charge is 0.392 e. The Morgan fingerprint density at radius 3 is 2.20 bits per heavy atom. The molecule has 0 aliphatic rings. The second-order valence-electron chi connectivity index (χ2n) is 4.79. The van der Waals surface area contributed by atoms with Crippen LogP contribution in [0.25, 0.3) is 0 Å². The number of rotatable bonds is 6. The van der Waals surface area contributed by atoms with Crippen LogP contribution in [0.15, 0.2) is 0 Å². The first-order valence-electron chi connectivity index (χ1n) is 5.16. The molecule has 1 N–H and O–H groups in total. The van der Waals surface area contributed by atoms with Gasteiger partial charge in [-0.15, -0.1) is 0 Å². The number of hydrogen-bond donors (Lipinski definition) is 1. The van der Waals surface area contributed by atoms with Gasteiger partial charge >= 0.3 is 0 Å². The Kier molecular flexibility index (Phi) is 5.23.